The first-order valence-corrected chi connectivity index (χ1v) is 4.58. The largest absolute Gasteiger partial charge is 0.501 e. The summed E-state index contributed by atoms with van der Waals surface area (Å²) in [5.41, 5.74) is 0.0546. The van der Waals surface area contributed by atoms with Gasteiger partial charge in [0.25, 0.3) is 0 Å². The number of hydrogen-bond donors (Lipinski definition) is 0. The molecule has 0 atom stereocenters. The van der Waals surface area contributed by atoms with Gasteiger partial charge in [0.15, 0.2) is 0 Å². The van der Waals surface area contributed by atoms with Gasteiger partial charge in [0, 0.05) is 5.41 Å². The summed E-state index contributed by atoms with van der Waals surface area (Å²) >= 11 is 0. The molecule has 0 fully saturated rings. The zero-order valence-electron chi connectivity index (χ0n) is 9.04. The first-order chi connectivity index (χ1) is 6.12. The molecule has 0 bridgehead atoms. The van der Waals surface area contributed by atoms with Gasteiger partial charge in [-0.2, -0.15) is 0 Å². The summed E-state index contributed by atoms with van der Waals surface area (Å²) in [5.74, 6) is 0. The molecular weight excluding hydrogens is 164 g/mol. The van der Waals surface area contributed by atoms with Gasteiger partial charge in [-0.15, -0.1) is 0 Å². The summed E-state index contributed by atoms with van der Waals surface area (Å²) < 4.78 is 10.6. The second-order valence-electron chi connectivity index (χ2n) is 3.73. The van der Waals surface area contributed by atoms with Crippen LogP contribution in [0, 0.1) is 5.41 Å². The van der Waals surface area contributed by atoms with Gasteiger partial charge < -0.3 is 9.47 Å². The first kappa shape index (κ1) is 12.1. The molecule has 2 heteroatoms. The molecule has 0 amide bonds. The molecule has 0 spiro atoms. The molecule has 0 N–H and O–H groups in total. The predicted molar refractivity (Wildman–Crippen MR) is 55.3 cm³/mol. The van der Waals surface area contributed by atoms with Crippen LogP contribution in [0.25, 0.3) is 0 Å². The second-order valence-corrected chi connectivity index (χ2v) is 3.73. The highest BCUT2D eigenvalue weighted by molar-refractivity contribution is 4.74. The lowest BCUT2D eigenvalue weighted by Gasteiger charge is -2.22. The van der Waals surface area contributed by atoms with Crippen molar-refractivity contribution >= 4 is 0 Å². The van der Waals surface area contributed by atoms with Crippen LogP contribution in [0.3, 0.4) is 0 Å². The van der Waals surface area contributed by atoms with E-state index in [0.717, 1.165) is 0 Å². The van der Waals surface area contributed by atoms with E-state index in [1.54, 1.807) is 12.5 Å². The Morgan fingerprint density at radius 2 is 1.31 bits per heavy atom. The van der Waals surface area contributed by atoms with Crippen molar-refractivity contribution in [2.45, 2.75) is 27.7 Å². The van der Waals surface area contributed by atoms with Crippen molar-refractivity contribution in [1.82, 2.24) is 0 Å². The maximum Gasteiger partial charge on any atom is 0.0956 e. The highest BCUT2D eigenvalue weighted by Crippen LogP contribution is 2.16. The Labute approximate surface area is 81.2 Å². The van der Waals surface area contributed by atoms with Crippen molar-refractivity contribution in [3.05, 3.63) is 24.7 Å². The van der Waals surface area contributed by atoms with Crippen molar-refractivity contribution in [2.24, 2.45) is 5.41 Å². The number of rotatable bonds is 6. The molecule has 0 unspecified atom stereocenters. The summed E-state index contributed by atoms with van der Waals surface area (Å²) in [4.78, 5) is 0. The van der Waals surface area contributed by atoms with E-state index in [1.807, 2.05) is 26.0 Å². The van der Waals surface area contributed by atoms with Crippen LogP contribution in [0.15, 0.2) is 24.7 Å². The highest BCUT2D eigenvalue weighted by atomic mass is 16.5. The second kappa shape index (κ2) is 6.58. The topological polar surface area (TPSA) is 18.5 Å². The van der Waals surface area contributed by atoms with Crippen LogP contribution in [-0.2, 0) is 9.47 Å². The van der Waals surface area contributed by atoms with Gasteiger partial charge in [-0.05, 0) is 13.8 Å². The average molecular weight is 184 g/mol. The SMILES string of the molecule is CC=COCC(C)(C)COC=CC. The molecule has 0 rings (SSSR count). The van der Waals surface area contributed by atoms with Crippen LogP contribution in [0.2, 0.25) is 0 Å². The summed E-state index contributed by atoms with van der Waals surface area (Å²) in [6.45, 7) is 9.44. The van der Waals surface area contributed by atoms with E-state index in [1.165, 1.54) is 0 Å². The molecule has 0 saturated carbocycles. The summed E-state index contributed by atoms with van der Waals surface area (Å²) in [6, 6.07) is 0. The van der Waals surface area contributed by atoms with Crippen LogP contribution in [0.1, 0.15) is 27.7 Å². The zero-order valence-corrected chi connectivity index (χ0v) is 9.04. The normalized spacial score (nSPS) is 12.6. The lowest BCUT2D eigenvalue weighted by atomic mass is 9.96. The van der Waals surface area contributed by atoms with Gasteiger partial charge >= 0.3 is 0 Å². The molecule has 0 heterocycles. The van der Waals surface area contributed by atoms with Crippen molar-refractivity contribution in [2.75, 3.05) is 13.2 Å². The van der Waals surface area contributed by atoms with Crippen molar-refractivity contribution in [3.63, 3.8) is 0 Å². The van der Waals surface area contributed by atoms with Crippen LogP contribution < -0.4 is 0 Å². The molecule has 0 aliphatic carbocycles. The monoisotopic (exact) mass is 184 g/mol. The van der Waals surface area contributed by atoms with Gasteiger partial charge in [0.1, 0.15) is 0 Å². The van der Waals surface area contributed by atoms with E-state index in [4.69, 9.17) is 9.47 Å². The third kappa shape index (κ3) is 7.44. The molecule has 0 aliphatic heterocycles. The maximum absolute atomic E-state index is 5.29. The molecule has 2 nitrogen and oxygen atoms in total. The zero-order chi connectivity index (χ0) is 10.2. The van der Waals surface area contributed by atoms with Crippen LogP contribution >= 0.6 is 0 Å². The lowest BCUT2D eigenvalue weighted by Crippen LogP contribution is -2.23. The summed E-state index contributed by atoms with van der Waals surface area (Å²) in [6.07, 6.45) is 7.17. The Morgan fingerprint density at radius 1 is 0.923 bits per heavy atom. The molecule has 76 valence electrons. The average Bonchev–Trinajstić information content (AvgIpc) is 2.05. The van der Waals surface area contributed by atoms with Gasteiger partial charge in [-0.25, -0.2) is 0 Å². The molecule has 0 aromatic carbocycles. The van der Waals surface area contributed by atoms with E-state index in [2.05, 4.69) is 13.8 Å². The van der Waals surface area contributed by atoms with Crippen LogP contribution in [0.4, 0.5) is 0 Å². The van der Waals surface area contributed by atoms with E-state index < -0.39 is 0 Å². The van der Waals surface area contributed by atoms with E-state index in [0.29, 0.717) is 13.2 Å². The summed E-state index contributed by atoms with van der Waals surface area (Å²) in [7, 11) is 0. The minimum atomic E-state index is 0.0546. The van der Waals surface area contributed by atoms with E-state index >= 15 is 0 Å². The van der Waals surface area contributed by atoms with Gasteiger partial charge in [-0.1, -0.05) is 26.0 Å². The number of ether oxygens (including phenoxy) is 2. The molecule has 13 heavy (non-hydrogen) atoms. The van der Waals surface area contributed by atoms with Crippen LogP contribution in [0.5, 0.6) is 0 Å². The lowest BCUT2D eigenvalue weighted by molar-refractivity contribution is 0.0654. The Hall–Kier alpha value is -0.920. The number of hydrogen-bond acceptors (Lipinski definition) is 2. The smallest absolute Gasteiger partial charge is 0.0956 e. The van der Waals surface area contributed by atoms with Crippen molar-refractivity contribution in [1.29, 1.82) is 0 Å². The molecule has 0 radical (unpaired) electrons. The quantitative estimate of drug-likeness (QED) is 0.590. The van der Waals surface area contributed by atoms with Crippen molar-refractivity contribution < 1.29 is 9.47 Å². The van der Waals surface area contributed by atoms with Crippen molar-refractivity contribution in [3.8, 4) is 0 Å². The fourth-order valence-corrected chi connectivity index (χ4v) is 0.782. The van der Waals surface area contributed by atoms with Gasteiger partial charge in [0.05, 0.1) is 25.7 Å². The third-order valence-electron chi connectivity index (χ3n) is 1.41. The Morgan fingerprint density at radius 3 is 1.62 bits per heavy atom. The van der Waals surface area contributed by atoms with E-state index in [-0.39, 0.29) is 5.41 Å². The first-order valence-electron chi connectivity index (χ1n) is 4.58. The standard InChI is InChI=1S/C11H20O2/c1-5-7-12-9-11(3,4)10-13-8-6-2/h5-8H,9-10H2,1-4H3. The van der Waals surface area contributed by atoms with Crippen LogP contribution in [-0.4, -0.2) is 13.2 Å². The molecule has 0 aromatic rings. The molecule has 0 aromatic heterocycles. The molecule has 0 saturated heterocycles. The Balaban J connectivity index is 3.65. The maximum atomic E-state index is 5.29. The third-order valence-corrected chi connectivity index (χ3v) is 1.41. The highest BCUT2D eigenvalue weighted by Gasteiger charge is 2.18. The predicted octanol–water partition coefficient (Wildman–Crippen LogP) is 3.11. The molecular formula is C11H20O2. The number of allylic oxidation sites excluding steroid dienone is 2. The summed E-state index contributed by atoms with van der Waals surface area (Å²) in [5, 5.41) is 0. The Kier molecular flexibility index (Phi) is 6.11. The fraction of sp³-hybridized carbons (Fsp3) is 0.636. The minimum Gasteiger partial charge on any atom is -0.501 e. The molecule has 0 aliphatic rings. The fourth-order valence-electron chi connectivity index (χ4n) is 0.782. The van der Waals surface area contributed by atoms with Gasteiger partial charge in [-0.3, -0.25) is 0 Å². The van der Waals surface area contributed by atoms with Gasteiger partial charge in [0.2, 0.25) is 0 Å². The Bertz CT molecular complexity index is 151. The van der Waals surface area contributed by atoms with E-state index in [9.17, 15) is 0 Å². The minimum absolute atomic E-state index is 0.0546.